The average Bonchev–Trinajstić information content (AvgIpc) is 3.12. The number of aromatic nitrogens is 1. The van der Waals surface area contributed by atoms with Crippen molar-refractivity contribution in [2.75, 3.05) is 39.4 Å². The van der Waals surface area contributed by atoms with Gasteiger partial charge in [-0.25, -0.2) is 13.4 Å². The van der Waals surface area contributed by atoms with Gasteiger partial charge in [-0.3, -0.25) is 4.79 Å². The highest BCUT2D eigenvalue weighted by molar-refractivity contribution is 7.89. The van der Waals surface area contributed by atoms with Crippen molar-refractivity contribution in [1.29, 1.82) is 0 Å². The van der Waals surface area contributed by atoms with Crippen LogP contribution in [0.5, 0.6) is 11.5 Å². The van der Waals surface area contributed by atoms with E-state index in [2.05, 4.69) is 4.98 Å². The van der Waals surface area contributed by atoms with Crippen molar-refractivity contribution < 1.29 is 22.7 Å². The number of thiazole rings is 1. The van der Waals surface area contributed by atoms with Gasteiger partial charge in [0.05, 0.1) is 22.0 Å². The number of rotatable bonds is 4. The molecular formula is C18H21N3O5S2. The lowest BCUT2D eigenvalue weighted by atomic mass is 10.2. The Balaban J connectivity index is 1.40. The fourth-order valence-electron chi connectivity index (χ4n) is 3.27. The summed E-state index contributed by atoms with van der Waals surface area (Å²) in [6.07, 6.45) is 0.249. The van der Waals surface area contributed by atoms with Crippen LogP contribution in [0.3, 0.4) is 0 Å². The molecule has 4 rings (SSSR count). The Hall–Kier alpha value is -2.17. The molecule has 1 amide bonds. The smallest absolute Gasteiger partial charge is 0.243 e. The van der Waals surface area contributed by atoms with E-state index in [1.165, 1.54) is 27.8 Å². The van der Waals surface area contributed by atoms with Crippen LogP contribution >= 0.6 is 11.3 Å². The van der Waals surface area contributed by atoms with Crippen LogP contribution in [-0.2, 0) is 21.2 Å². The van der Waals surface area contributed by atoms with Gasteiger partial charge in [0.2, 0.25) is 15.9 Å². The summed E-state index contributed by atoms with van der Waals surface area (Å²) in [5.41, 5.74) is 0.763. The molecule has 2 aliphatic rings. The molecule has 1 aromatic carbocycles. The predicted molar refractivity (Wildman–Crippen MR) is 103 cm³/mol. The minimum absolute atomic E-state index is 0.0262. The van der Waals surface area contributed by atoms with E-state index in [-0.39, 0.29) is 30.3 Å². The first-order valence-electron chi connectivity index (χ1n) is 9.02. The first-order valence-corrected chi connectivity index (χ1v) is 11.3. The first kappa shape index (κ1) is 19.2. The van der Waals surface area contributed by atoms with E-state index in [0.717, 1.165) is 10.7 Å². The Morgan fingerprint density at radius 3 is 2.54 bits per heavy atom. The molecule has 2 aliphatic heterocycles. The van der Waals surface area contributed by atoms with E-state index < -0.39 is 10.0 Å². The van der Waals surface area contributed by atoms with Crippen molar-refractivity contribution in [2.45, 2.75) is 18.2 Å². The number of hydrogen-bond donors (Lipinski definition) is 0. The second-order valence-electron chi connectivity index (χ2n) is 6.62. The number of sulfonamides is 1. The van der Waals surface area contributed by atoms with E-state index >= 15 is 0 Å². The lowest BCUT2D eigenvalue weighted by molar-refractivity contribution is -0.131. The Kier molecular flexibility index (Phi) is 5.26. The quantitative estimate of drug-likeness (QED) is 0.737. The van der Waals surface area contributed by atoms with Gasteiger partial charge in [-0.2, -0.15) is 4.31 Å². The van der Waals surface area contributed by atoms with Gasteiger partial charge in [0.1, 0.15) is 13.2 Å². The molecule has 3 heterocycles. The fourth-order valence-corrected chi connectivity index (χ4v) is 5.32. The van der Waals surface area contributed by atoms with E-state index in [9.17, 15) is 13.2 Å². The highest BCUT2D eigenvalue weighted by Crippen LogP contribution is 2.33. The van der Waals surface area contributed by atoms with Crippen LogP contribution < -0.4 is 9.47 Å². The minimum atomic E-state index is -3.65. The highest BCUT2D eigenvalue weighted by atomic mass is 32.2. The lowest BCUT2D eigenvalue weighted by Gasteiger charge is -2.34. The molecule has 1 saturated heterocycles. The Labute approximate surface area is 167 Å². The second kappa shape index (κ2) is 7.69. The van der Waals surface area contributed by atoms with Crippen LogP contribution in [0, 0.1) is 6.92 Å². The standard InChI is InChI=1S/C18H21N3O5S2/c1-13-19-14(12-27-13)10-18(22)20-4-6-21(7-5-20)28(23,24)15-2-3-16-17(11-15)26-9-8-25-16/h2-3,11-12H,4-10H2,1H3. The van der Waals surface area contributed by atoms with Crippen LogP contribution in [0.25, 0.3) is 0 Å². The van der Waals surface area contributed by atoms with Crippen LogP contribution in [0.2, 0.25) is 0 Å². The number of carbonyl (C=O) groups excluding carboxylic acids is 1. The maximum atomic E-state index is 13.0. The third kappa shape index (κ3) is 3.85. The topological polar surface area (TPSA) is 89.0 Å². The van der Waals surface area contributed by atoms with Crippen LogP contribution in [0.15, 0.2) is 28.5 Å². The molecule has 10 heteroatoms. The van der Waals surface area contributed by atoms with Crippen molar-refractivity contribution in [3.05, 3.63) is 34.3 Å². The molecule has 0 saturated carbocycles. The normalized spacial score (nSPS) is 17.5. The molecule has 150 valence electrons. The van der Waals surface area contributed by atoms with Crippen LogP contribution in [0.4, 0.5) is 0 Å². The summed E-state index contributed by atoms with van der Waals surface area (Å²) >= 11 is 1.52. The maximum Gasteiger partial charge on any atom is 0.243 e. The maximum absolute atomic E-state index is 13.0. The number of fused-ring (bicyclic) bond motifs is 1. The number of benzene rings is 1. The van der Waals surface area contributed by atoms with Crippen molar-refractivity contribution >= 4 is 27.3 Å². The van der Waals surface area contributed by atoms with Gasteiger partial charge in [-0.1, -0.05) is 0 Å². The fraction of sp³-hybridized carbons (Fsp3) is 0.444. The van der Waals surface area contributed by atoms with Gasteiger partial charge in [0, 0.05) is 37.6 Å². The van der Waals surface area contributed by atoms with E-state index in [1.54, 1.807) is 11.0 Å². The predicted octanol–water partition coefficient (Wildman–Crippen LogP) is 1.30. The van der Waals surface area contributed by atoms with Gasteiger partial charge < -0.3 is 14.4 Å². The third-order valence-corrected chi connectivity index (χ3v) is 7.46. The number of nitrogens with zero attached hydrogens (tertiary/aromatic N) is 3. The Bertz CT molecular complexity index is 981. The van der Waals surface area contributed by atoms with Gasteiger partial charge in [-0.15, -0.1) is 11.3 Å². The summed E-state index contributed by atoms with van der Waals surface area (Å²) in [6, 6.07) is 4.66. The summed E-state index contributed by atoms with van der Waals surface area (Å²) in [7, 11) is -3.65. The van der Waals surface area contributed by atoms with Gasteiger partial charge in [0.15, 0.2) is 11.5 Å². The van der Waals surface area contributed by atoms with Crippen molar-refractivity contribution in [2.24, 2.45) is 0 Å². The average molecular weight is 424 g/mol. The van der Waals surface area contributed by atoms with Crippen molar-refractivity contribution in [3.8, 4) is 11.5 Å². The zero-order valence-corrected chi connectivity index (χ0v) is 17.1. The summed E-state index contributed by atoms with van der Waals surface area (Å²) in [4.78, 5) is 18.6. The number of amides is 1. The monoisotopic (exact) mass is 423 g/mol. The van der Waals surface area contributed by atoms with Gasteiger partial charge in [0.25, 0.3) is 0 Å². The molecule has 0 atom stereocenters. The second-order valence-corrected chi connectivity index (χ2v) is 9.63. The summed E-state index contributed by atoms with van der Waals surface area (Å²) in [6.45, 7) is 4.01. The molecule has 0 unspecified atom stereocenters. The lowest BCUT2D eigenvalue weighted by Crippen LogP contribution is -2.50. The van der Waals surface area contributed by atoms with Crippen molar-refractivity contribution in [3.63, 3.8) is 0 Å². The molecule has 1 aromatic heterocycles. The van der Waals surface area contributed by atoms with Crippen molar-refractivity contribution in [1.82, 2.24) is 14.2 Å². The molecule has 0 aliphatic carbocycles. The summed E-state index contributed by atoms with van der Waals surface area (Å²) in [5.74, 6) is 0.972. The zero-order chi connectivity index (χ0) is 19.7. The van der Waals surface area contributed by atoms with Gasteiger partial charge >= 0.3 is 0 Å². The zero-order valence-electron chi connectivity index (χ0n) is 15.5. The molecule has 0 radical (unpaired) electrons. The Morgan fingerprint density at radius 2 is 1.86 bits per heavy atom. The third-order valence-electron chi connectivity index (χ3n) is 4.74. The molecular weight excluding hydrogens is 402 g/mol. The molecule has 28 heavy (non-hydrogen) atoms. The molecule has 0 bridgehead atoms. The number of ether oxygens (including phenoxy) is 2. The first-order chi connectivity index (χ1) is 13.4. The van der Waals surface area contributed by atoms with E-state index in [0.29, 0.717) is 37.8 Å². The van der Waals surface area contributed by atoms with E-state index in [1.807, 2.05) is 12.3 Å². The highest BCUT2D eigenvalue weighted by Gasteiger charge is 2.31. The largest absolute Gasteiger partial charge is 0.486 e. The number of piperazine rings is 1. The summed E-state index contributed by atoms with van der Waals surface area (Å²) in [5, 5.41) is 2.81. The molecule has 0 spiro atoms. The number of carbonyl (C=O) groups is 1. The SMILES string of the molecule is Cc1nc(CC(=O)N2CCN(S(=O)(=O)c3ccc4c(c3)OCCO4)CC2)cs1. The minimum Gasteiger partial charge on any atom is -0.486 e. The van der Waals surface area contributed by atoms with Crippen LogP contribution in [0.1, 0.15) is 10.7 Å². The Morgan fingerprint density at radius 1 is 1.14 bits per heavy atom. The number of hydrogen-bond acceptors (Lipinski definition) is 7. The summed E-state index contributed by atoms with van der Waals surface area (Å²) < 4.78 is 38.3. The number of aryl methyl sites for hydroxylation is 1. The molecule has 0 N–H and O–H groups in total. The molecule has 8 nitrogen and oxygen atoms in total. The van der Waals surface area contributed by atoms with Gasteiger partial charge in [-0.05, 0) is 19.1 Å². The van der Waals surface area contributed by atoms with E-state index in [4.69, 9.17) is 9.47 Å². The van der Waals surface area contributed by atoms with Crippen LogP contribution in [-0.4, -0.2) is 67.9 Å². The molecule has 1 fully saturated rings. The molecule has 2 aromatic rings.